The topological polar surface area (TPSA) is 17.1 Å². The Balaban J connectivity index is 1.71. The second-order valence-electron chi connectivity index (χ2n) is 6.96. The summed E-state index contributed by atoms with van der Waals surface area (Å²) in [4.78, 5) is 14.0. The Bertz CT molecular complexity index is 1170. The third-order valence-corrected chi connectivity index (χ3v) is 5.89. The summed E-state index contributed by atoms with van der Waals surface area (Å²) in [6, 6.07) is 34.8. The van der Waals surface area contributed by atoms with Gasteiger partial charge in [-0.05, 0) is 33.7 Å². The first-order valence-electron chi connectivity index (χ1n) is 9.74. The minimum Gasteiger partial charge on any atom is -0.294 e. The minimum absolute atomic E-state index is 0.151. The molecular weight excluding hydrogens is 372 g/mol. The fraction of sp³-hybridized carbons (Fsp3) is 0.0741. The predicted molar refractivity (Wildman–Crippen MR) is 123 cm³/mol. The monoisotopic (exact) mass is 394 g/mol. The van der Waals surface area contributed by atoms with Crippen molar-refractivity contribution in [2.75, 3.05) is 0 Å². The molecule has 0 atom stereocenters. The molecule has 0 saturated carbocycles. The molecule has 0 fully saturated rings. The Hall–Kier alpha value is -3.23. The quantitative estimate of drug-likeness (QED) is 0.332. The highest BCUT2D eigenvalue weighted by molar-refractivity contribution is 7.09. The van der Waals surface area contributed by atoms with Crippen molar-refractivity contribution in [1.29, 1.82) is 0 Å². The molecular formula is C27H22OS. The maximum absolute atomic E-state index is 12.9. The summed E-state index contributed by atoms with van der Waals surface area (Å²) >= 11 is 1.64. The number of ketones is 1. The fourth-order valence-electron chi connectivity index (χ4n) is 3.39. The molecule has 4 aromatic rings. The summed E-state index contributed by atoms with van der Waals surface area (Å²) in [5.74, 6) is 0.151. The normalized spacial score (nSPS) is 10.5. The van der Waals surface area contributed by atoms with Gasteiger partial charge in [0.25, 0.3) is 0 Å². The number of carbonyl (C=O) groups is 1. The molecule has 0 bridgehead atoms. The van der Waals surface area contributed by atoms with Gasteiger partial charge in [-0.25, -0.2) is 0 Å². The van der Waals surface area contributed by atoms with Crippen LogP contribution in [-0.4, -0.2) is 5.78 Å². The molecule has 142 valence electrons. The summed E-state index contributed by atoms with van der Waals surface area (Å²) in [5.41, 5.74) is 3.20. The van der Waals surface area contributed by atoms with Crippen molar-refractivity contribution in [3.63, 3.8) is 0 Å². The molecule has 0 aliphatic carbocycles. The molecule has 1 heterocycles. The highest BCUT2D eigenvalue weighted by Gasteiger charge is 2.10. The highest BCUT2D eigenvalue weighted by atomic mass is 32.1. The van der Waals surface area contributed by atoms with Crippen LogP contribution in [0.3, 0.4) is 0 Å². The van der Waals surface area contributed by atoms with E-state index < -0.39 is 0 Å². The lowest BCUT2D eigenvalue weighted by atomic mass is 9.99. The van der Waals surface area contributed by atoms with Gasteiger partial charge in [-0.1, -0.05) is 103 Å². The molecule has 0 N–H and O–H groups in total. The van der Waals surface area contributed by atoms with E-state index in [1.54, 1.807) is 11.3 Å². The van der Waals surface area contributed by atoms with Crippen molar-refractivity contribution < 1.29 is 4.79 Å². The maximum Gasteiger partial charge on any atom is 0.168 e. The van der Waals surface area contributed by atoms with Gasteiger partial charge in [0.1, 0.15) is 0 Å². The summed E-state index contributed by atoms with van der Waals surface area (Å²) in [6.07, 6.45) is 1.21. The highest BCUT2D eigenvalue weighted by Crippen LogP contribution is 2.22. The Labute approximate surface area is 175 Å². The first-order chi connectivity index (χ1) is 14.3. The van der Waals surface area contributed by atoms with Crippen molar-refractivity contribution in [2.45, 2.75) is 12.8 Å². The number of carbonyl (C=O) groups excluding carboxylic acids is 1. The lowest BCUT2D eigenvalue weighted by Crippen LogP contribution is -2.04. The number of Topliss-reactive ketones (excluding diaryl/α,β-unsaturated/α-hetero) is 1. The van der Waals surface area contributed by atoms with E-state index in [-0.39, 0.29) is 5.78 Å². The first-order valence-corrected chi connectivity index (χ1v) is 10.6. The van der Waals surface area contributed by atoms with Crippen molar-refractivity contribution in [3.8, 4) is 0 Å². The molecule has 1 nitrogen and oxygen atoms in total. The predicted octanol–water partition coefficient (Wildman–Crippen LogP) is 7.04. The Morgan fingerprint density at radius 2 is 1.38 bits per heavy atom. The first kappa shape index (κ1) is 19.1. The van der Waals surface area contributed by atoms with Crippen molar-refractivity contribution in [3.05, 3.63) is 130 Å². The van der Waals surface area contributed by atoms with E-state index in [9.17, 15) is 4.79 Å². The number of hydrogen-bond donors (Lipinski definition) is 0. The van der Waals surface area contributed by atoms with Crippen LogP contribution < -0.4 is 0 Å². The molecule has 0 radical (unpaired) electrons. The molecule has 3 aromatic carbocycles. The van der Waals surface area contributed by atoms with Gasteiger partial charge in [-0.3, -0.25) is 4.79 Å². The summed E-state index contributed by atoms with van der Waals surface area (Å²) < 4.78 is 0. The van der Waals surface area contributed by atoms with Crippen LogP contribution in [0.15, 0.2) is 109 Å². The van der Waals surface area contributed by atoms with Gasteiger partial charge < -0.3 is 0 Å². The average Bonchev–Trinajstić information content (AvgIpc) is 2.87. The van der Waals surface area contributed by atoms with E-state index in [0.717, 1.165) is 16.9 Å². The van der Waals surface area contributed by atoms with Gasteiger partial charge in [0.15, 0.2) is 5.78 Å². The summed E-state index contributed by atoms with van der Waals surface area (Å²) in [7, 11) is 0. The SMILES string of the molecule is O=C(Cc1sccccccc1Cc1ccc2ccccc2c1)c1ccccc1. The van der Waals surface area contributed by atoms with Crippen LogP contribution >= 0.6 is 11.3 Å². The second-order valence-corrected chi connectivity index (χ2v) is 7.96. The van der Waals surface area contributed by atoms with Crippen LogP contribution in [0.2, 0.25) is 0 Å². The molecule has 0 amide bonds. The molecule has 0 aliphatic rings. The smallest absolute Gasteiger partial charge is 0.168 e. The number of rotatable bonds is 5. The second kappa shape index (κ2) is 9.31. The molecule has 0 spiro atoms. The van der Waals surface area contributed by atoms with Gasteiger partial charge >= 0.3 is 0 Å². The van der Waals surface area contributed by atoms with Gasteiger partial charge in [0, 0.05) is 16.9 Å². The Morgan fingerprint density at radius 1 is 0.690 bits per heavy atom. The fourth-order valence-corrected chi connectivity index (χ4v) is 4.23. The van der Waals surface area contributed by atoms with Crippen molar-refractivity contribution >= 4 is 27.9 Å². The molecule has 1 aromatic heterocycles. The van der Waals surface area contributed by atoms with Gasteiger partial charge in [0.2, 0.25) is 0 Å². The maximum atomic E-state index is 12.9. The number of benzene rings is 3. The number of hydrogen-bond acceptors (Lipinski definition) is 2. The molecule has 2 heteroatoms. The van der Waals surface area contributed by atoms with E-state index >= 15 is 0 Å². The third kappa shape index (κ3) is 4.98. The van der Waals surface area contributed by atoms with Gasteiger partial charge in [-0.15, -0.1) is 11.3 Å². The van der Waals surface area contributed by atoms with Crippen molar-refractivity contribution in [2.24, 2.45) is 0 Å². The zero-order valence-electron chi connectivity index (χ0n) is 16.1. The summed E-state index contributed by atoms with van der Waals surface area (Å²) in [6.45, 7) is 0. The average molecular weight is 395 g/mol. The zero-order chi connectivity index (χ0) is 19.9. The van der Waals surface area contributed by atoms with Crippen LogP contribution in [0.4, 0.5) is 0 Å². The van der Waals surface area contributed by atoms with Crippen LogP contribution in [0.1, 0.15) is 26.4 Å². The zero-order valence-corrected chi connectivity index (χ0v) is 16.9. The molecule has 0 unspecified atom stereocenters. The molecule has 0 saturated heterocycles. The Morgan fingerprint density at radius 3 is 2.24 bits per heavy atom. The molecule has 29 heavy (non-hydrogen) atoms. The summed E-state index contributed by atoms with van der Waals surface area (Å²) in [5, 5.41) is 4.54. The van der Waals surface area contributed by atoms with Gasteiger partial charge in [-0.2, -0.15) is 0 Å². The van der Waals surface area contributed by atoms with E-state index in [2.05, 4.69) is 60.0 Å². The lowest BCUT2D eigenvalue weighted by Gasteiger charge is -2.08. The largest absolute Gasteiger partial charge is 0.294 e. The van der Waals surface area contributed by atoms with Crippen LogP contribution in [0.25, 0.3) is 10.8 Å². The molecule has 4 rings (SSSR count). The van der Waals surface area contributed by atoms with E-state index in [1.165, 1.54) is 21.9 Å². The minimum atomic E-state index is 0.151. The Kier molecular flexibility index (Phi) is 6.13. The van der Waals surface area contributed by atoms with Crippen LogP contribution in [-0.2, 0) is 12.8 Å². The lowest BCUT2D eigenvalue weighted by molar-refractivity contribution is 0.0993. The van der Waals surface area contributed by atoms with Crippen LogP contribution in [0, 0.1) is 0 Å². The van der Waals surface area contributed by atoms with E-state index in [0.29, 0.717) is 6.42 Å². The van der Waals surface area contributed by atoms with E-state index in [4.69, 9.17) is 0 Å². The van der Waals surface area contributed by atoms with E-state index in [1.807, 2.05) is 48.5 Å². The van der Waals surface area contributed by atoms with Crippen LogP contribution in [0.5, 0.6) is 0 Å². The standard InChI is InChI=1S/C27H22OS/c28-26(23-11-5-3-6-12-23)20-27-25(14-4-1-2-9-17-29-27)19-21-15-16-22-10-7-8-13-24(22)18-21/h1-18H,19-20H2. The third-order valence-electron chi connectivity index (χ3n) is 4.90. The van der Waals surface area contributed by atoms with Gasteiger partial charge in [0.05, 0.1) is 0 Å². The molecule has 0 aliphatic heterocycles. The number of fused-ring (bicyclic) bond motifs is 1. The van der Waals surface area contributed by atoms with Crippen molar-refractivity contribution in [1.82, 2.24) is 0 Å².